The number of rotatable bonds is 7. The van der Waals surface area contributed by atoms with E-state index in [-0.39, 0.29) is 24.5 Å². The maximum Gasteiger partial charge on any atom is 0.262 e. The Morgan fingerprint density at radius 1 is 1.03 bits per heavy atom. The van der Waals surface area contributed by atoms with Crippen LogP contribution in [-0.4, -0.2) is 50.2 Å². The molecule has 7 nitrogen and oxygen atoms in total. The number of carbonyl (C=O) groups is 2. The molecule has 1 unspecified atom stereocenters. The van der Waals surface area contributed by atoms with Crippen LogP contribution in [-0.2, 0) is 9.53 Å². The fourth-order valence-electron chi connectivity index (χ4n) is 3.80. The van der Waals surface area contributed by atoms with Crippen molar-refractivity contribution in [1.82, 2.24) is 4.90 Å². The van der Waals surface area contributed by atoms with E-state index >= 15 is 0 Å². The highest BCUT2D eigenvalue weighted by Crippen LogP contribution is 2.32. The van der Waals surface area contributed by atoms with E-state index in [1.807, 2.05) is 41.3 Å². The average Bonchev–Trinajstić information content (AvgIpc) is 2.88. The molecule has 1 heterocycles. The number of morpholine rings is 1. The predicted molar refractivity (Wildman–Crippen MR) is 140 cm³/mol. The van der Waals surface area contributed by atoms with Crippen molar-refractivity contribution in [3.05, 3.63) is 86.8 Å². The maximum atomic E-state index is 13.4. The number of halogens is 2. The Morgan fingerprint density at radius 2 is 1.83 bits per heavy atom. The Morgan fingerprint density at radius 3 is 2.57 bits per heavy atom. The smallest absolute Gasteiger partial charge is 0.262 e. The number of hydrogen-bond acceptors (Lipinski definition) is 5. The first-order chi connectivity index (χ1) is 16.9. The van der Waals surface area contributed by atoms with Gasteiger partial charge >= 0.3 is 0 Å². The first kappa shape index (κ1) is 25.2. The van der Waals surface area contributed by atoms with Crippen molar-refractivity contribution in [2.45, 2.75) is 6.04 Å². The number of benzene rings is 3. The number of nitrogens with one attached hydrogen (secondary N) is 1. The van der Waals surface area contributed by atoms with Crippen LogP contribution in [0.15, 0.2) is 75.7 Å². The molecule has 0 spiro atoms. The third kappa shape index (κ3) is 6.42. The molecule has 0 aromatic heterocycles. The molecule has 1 aliphatic heterocycles. The van der Waals surface area contributed by atoms with Crippen LogP contribution in [0.1, 0.15) is 22.0 Å². The van der Waals surface area contributed by atoms with E-state index in [1.54, 1.807) is 30.3 Å². The highest BCUT2D eigenvalue weighted by molar-refractivity contribution is 9.10. The number of methoxy groups -OCH3 is 1. The standard InChI is InChI=1S/C26H24Br2N2O5/c1-33-24-14-18(5-10-23(24)35-16-25(31)29-21-8-6-19(27)7-9-21)26(32)30-11-12-34-15-22(30)17-3-2-4-20(28)13-17/h2-10,13-14,22H,11-12,15-16H2,1H3,(H,29,31). The van der Waals surface area contributed by atoms with Crippen LogP contribution in [0.4, 0.5) is 5.69 Å². The number of ether oxygens (including phenoxy) is 3. The molecule has 1 atom stereocenters. The van der Waals surface area contributed by atoms with Crippen LogP contribution in [0.5, 0.6) is 11.5 Å². The zero-order valence-electron chi connectivity index (χ0n) is 19.0. The van der Waals surface area contributed by atoms with Gasteiger partial charge in [0.05, 0.1) is 26.4 Å². The summed E-state index contributed by atoms with van der Waals surface area (Å²) in [6, 6.07) is 19.9. The fraction of sp³-hybridized carbons (Fsp3) is 0.231. The van der Waals surface area contributed by atoms with Crippen molar-refractivity contribution >= 4 is 49.4 Å². The van der Waals surface area contributed by atoms with Crippen LogP contribution in [0.25, 0.3) is 0 Å². The van der Waals surface area contributed by atoms with Gasteiger partial charge in [-0.2, -0.15) is 0 Å². The molecule has 0 aliphatic carbocycles. The molecule has 1 fully saturated rings. The molecule has 0 bridgehead atoms. The lowest BCUT2D eigenvalue weighted by Gasteiger charge is -2.36. The highest BCUT2D eigenvalue weighted by Gasteiger charge is 2.30. The van der Waals surface area contributed by atoms with Crippen LogP contribution < -0.4 is 14.8 Å². The van der Waals surface area contributed by atoms with Gasteiger partial charge in [0, 0.05) is 26.7 Å². The van der Waals surface area contributed by atoms with Crippen LogP contribution >= 0.6 is 31.9 Å². The van der Waals surface area contributed by atoms with Gasteiger partial charge in [0.15, 0.2) is 18.1 Å². The molecule has 35 heavy (non-hydrogen) atoms. The minimum Gasteiger partial charge on any atom is -0.493 e. The van der Waals surface area contributed by atoms with Crippen LogP contribution in [0.3, 0.4) is 0 Å². The normalized spacial score (nSPS) is 15.4. The summed E-state index contributed by atoms with van der Waals surface area (Å²) in [6.45, 7) is 1.18. The van der Waals surface area contributed by atoms with E-state index in [0.717, 1.165) is 14.5 Å². The molecular formula is C26H24Br2N2O5. The van der Waals surface area contributed by atoms with Crippen molar-refractivity contribution in [1.29, 1.82) is 0 Å². The van der Waals surface area contributed by atoms with Gasteiger partial charge in [0.2, 0.25) is 0 Å². The largest absolute Gasteiger partial charge is 0.493 e. The van der Waals surface area contributed by atoms with Crippen molar-refractivity contribution in [3.8, 4) is 11.5 Å². The molecule has 9 heteroatoms. The molecule has 1 N–H and O–H groups in total. The number of nitrogens with zero attached hydrogens (tertiary/aromatic N) is 1. The van der Waals surface area contributed by atoms with Crippen molar-refractivity contribution in [3.63, 3.8) is 0 Å². The molecular weight excluding hydrogens is 580 g/mol. The molecule has 4 rings (SSSR count). The Bertz CT molecular complexity index is 1200. The van der Waals surface area contributed by atoms with Gasteiger partial charge in [-0.25, -0.2) is 0 Å². The van der Waals surface area contributed by atoms with Gasteiger partial charge in [-0.15, -0.1) is 0 Å². The Kier molecular flexibility index (Phi) is 8.43. The molecule has 3 aromatic rings. The van der Waals surface area contributed by atoms with Gasteiger partial charge in [-0.05, 0) is 60.2 Å². The SMILES string of the molecule is COc1cc(C(=O)N2CCOCC2c2cccc(Br)c2)ccc1OCC(=O)Nc1ccc(Br)cc1. The molecule has 182 valence electrons. The quantitative estimate of drug-likeness (QED) is 0.389. The Hall–Kier alpha value is -2.88. The number of anilines is 1. The van der Waals surface area contributed by atoms with E-state index < -0.39 is 0 Å². The molecule has 3 aromatic carbocycles. The third-order valence-corrected chi connectivity index (χ3v) is 6.54. The third-order valence-electron chi connectivity index (χ3n) is 5.52. The summed E-state index contributed by atoms with van der Waals surface area (Å²) in [5.41, 5.74) is 2.13. The molecule has 0 radical (unpaired) electrons. The molecule has 0 saturated carbocycles. The highest BCUT2D eigenvalue weighted by atomic mass is 79.9. The predicted octanol–water partition coefficient (Wildman–Crippen LogP) is 5.45. The summed E-state index contributed by atoms with van der Waals surface area (Å²) < 4.78 is 18.7. The monoisotopic (exact) mass is 602 g/mol. The maximum absolute atomic E-state index is 13.4. The van der Waals surface area contributed by atoms with Gasteiger partial charge < -0.3 is 24.4 Å². The number of carbonyl (C=O) groups excluding carboxylic acids is 2. The second-order valence-corrected chi connectivity index (χ2v) is 9.68. The van der Waals surface area contributed by atoms with Crippen LogP contribution in [0.2, 0.25) is 0 Å². The lowest BCUT2D eigenvalue weighted by molar-refractivity contribution is -0.118. The second-order valence-electron chi connectivity index (χ2n) is 7.85. The zero-order valence-corrected chi connectivity index (χ0v) is 22.2. The van der Waals surface area contributed by atoms with E-state index in [9.17, 15) is 9.59 Å². The lowest BCUT2D eigenvalue weighted by Crippen LogP contribution is -2.43. The van der Waals surface area contributed by atoms with Crippen LogP contribution in [0, 0.1) is 0 Å². The van der Waals surface area contributed by atoms with Crippen molar-refractivity contribution in [2.24, 2.45) is 0 Å². The molecule has 2 amide bonds. The fourth-order valence-corrected chi connectivity index (χ4v) is 4.48. The first-order valence-electron chi connectivity index (χ1n) is 10.9. The summed E-state index contributed by atoms with van der Waals surface area (Å²) in [5, 5.41) is 2.77. The second kappa shape index (κ2) is 11.7. The summed E-state index contributed by atoms with van der Waals surface area (Å²) in [7, 11) is 1.50. The zero-order chi connectivity index (χ0) is 24.8. The summed E-state index contributed by atoms with van der Waals surface area (Å²) in [5.74, 6) is 0.316. The van der Waals surface area contributed by atoms with E-state index in [4.69, 9.17) is 14.2 Å². The van der Waals surface area contributed by atoms with Gasteiger partial charge in [-0.3, -0.25) is 9.59 Å². The van der Waals surface area contributed by atoms with Crippen molar-refractivity contribution in [2.75, 3.05) is 38.8 Å². The Labute approximate surface area is 220 Å². The van der Waals surface area contributed by atoms with Gasteiger partial charge in [-0.1, -0.05) is 44.0 Å². The Balaban J connectivity index is 1.45. The summed E-state index contributed by atoms with van der Waals surface area (Å²) >= 11 is 6.86. The van der Waals surface area contributed by atoms with Gasteiger partial charge in [0.25, 0.3) is 11.8 Å². The number of amides is 2. The minimum atomic E-state index is -0.306. The lowest BCUT2D eigenvalue weighted by atomic mass is 10.0. The van der Waals surface area contributed by atoms with E-state index in [1.165, 1.54) is 7.11 Å². The number of hydrogen-bond donors (Lipinski definition) is 1. The van der Waals surface area contributed by atoms with Gasteiger partial charge in [0.1, 0.15) is 0 Å². The molecule has 1 aliphatic rings. The van der Waals surface area contributed by atoms with E-state index in [0.29, 0.717) is 42.5 Å². The topological polar surface area (TPSA) is 77.1 Å². The minimum absolute atomic E-state index is 0.129. The average molecular weight is 604 g/mol. The van der Waals surface area contributed by atoms with E-state index in [2.05, 4.69) is 37.2 Å². The summed E-state index contributed by atoms with van der Waals surface area (Å²) in [6.07, 6.45) is 0. The summed E-state index contributed by atoms with van der Waals surface area (Å²) in [4.78, 5) is 27.5. The molecule has 1 saturated heterocycles. The first-order valence-corrected chi connectivity index (χ1v) is 12.5. The van der Waals surface area contributed by atoms with Crippen molar-refractivity contribution < 1.29 is 23.8 Å².